The Morgan fingerprint density at radius 3 is 2.44 bits per heavy atom. The summed E-state index contributed by atoms with van der Waals surface area (Å²) in [6.07, 6.45) is 0. The van der Waals surface area contributed by atoms with Crippen molar-refractivity contribution in [1.82, 2.24) is 0 Å². The number of hydrogen-bond donors (Lipinski definition) is 1. The van der Waals surface area contributed by atoms with E-state index in [1.165, 1.54) is 30.3 Å². The standard InChI is InChI=1S/C15H12ClN3O6/c1-9-6-13(19(23)24)10(16)7-11(9)17-15(20)8-25-14-5-3-2-4-12(14)18(21)22/h2-7H,8H2,1H3,(H,17,20). The molecule has 2 aromatic rings. The van der Waals surface area contributed by atoms with Crippen molar-refractivity contribution in [3.8, 4) is 5.75 Å². The van der Waals surface area contributed by atoms with Gasteiger partial charge in [-0.3, -0.25) is 25.0 Å². The summed E-state index contributed by atoms with van der Waals surface area (Å²) in [7, 11) is 0. The van der Waals surface area contributed by atoms with Crippen LogP contribution in [0.25, 0.3) is 0 Å². The Balaban J connectivity index is 2.08. The molecule has 0 fully saturated rings. The minimum atomic E-state index is -0.626. The number of hydrogen-bond acceptors (Lipinski definition) is 6. The van der Waals surface area contributed by atoms with Gasteiger partial charge in [0.15, 0.2) is 12.4 Å². The number of nitro benzene ring substituents is 2. The lowest BCUT2D eigenvalue weighted by Crippen LogP contribution is -2.21. The molecule has 0 aliphatic rings. The van der Waals surface area contributed by atoms with Gasteiger partial charge in [0.05, 0.1) is 9.85 Å². The maximum Gasteiger partial charge on any atom is 0.310 e. The highest BCUT2D eigenvalue weighted by molar-refractivity contribution is 6.33. The van der Waals surface area contributed by atoms with E-state index in [-0.39, 0.29) is 27.8 Å². The number of benzene rings is 2. The van der Waals surface area contributed by atoms with Crippen molar-refractivity contribution < 1.29 is 19.4 Å². The van der Waals surface area contributed by atoms with Crippen molar-refractivity contribution in [3.05, 3.63) is 67.2 Å². The maximum atomic E-state index is 12.0. The average Bonchev–Trinajstić information content (AvgIpc) is 2.55. The summed E-state index contributed by atoms with van der Waals surface area (Å²) in [5.74, 6) is -0.632. The molecule has 1 amide bonds. The Morgan fingerprint density at radius 1 is 1.16 bits per heavy atom. The van der Waals surface area contributed by atoms with Gasteiger partial charge in [-0.2, -0.15) is 0 Å². The molecule has 2 aromatic carbocycles. The van der Waals surface area contributed by atoms with E-state index < -0.39 is 22.4 Å². The smallest absolute Gasteiger partial charge is 0.310 e. The third kappa shape index (κ3) is 4.42. The van der Waals surface area contributed by atoms with Gasteiger partial charge < -0.3 is 10.1 Å². The summed E-state index contributed by atoms with van der Waals surface area (Å²) >= 11 is 5.81. The first-order valence-corrected chi connectivity index (χ1v) is 7.28. The van der Waals surface area contributed by atoms with E-state index in [1.807, 2.05) is 0 Å². The zero-order valence-corrected chi connectivity index (χ0v) is 13.6. The second kappa shape index (κ2) is 7.58. The van der Waals surface area contributed by atoms with Crippen molar-refractivity contribution >= 4 is 34.6 Å². The van der Waals surface area contributed by atoms with Crippen molar-refractivity contribution in [2.45, 2.75) is 6.92 Å². The highest BCUT2D eigenvalue weighted by Gasteiger charge is 2.18. The number of ether oxygens (including phenoxy) is 1. The predicted octanol–water partition coefficient (Wildman–Crippen LogP) is 3.48. The van der Waals surface area contributed by atoms with Crippen LogP contribution in [0.2, 0.25) is 5.02 Å². The molecule has 0 aliphatic carbocycles. The minimum absolute atomic E-state index is 0.0406. The molecule has 130 valence electrons. The second-order valence-electron chi connectivity index (χ2n) is 4.94. The number of halogens is 1. The van der Waals surface area contributed by atoms with E-state index >= 15 is 0 Å². The normalized spacial score (nSPS) is 10.2. The lowest BCUT2D eigenvalue weighted by Gasteiger charge is -2.10. The highest BCUT2D eigenvalue weighted by Crippen LogP contribution is 2.30. The molecule has 0 bridgehead atoms. The Morgan fingerprint density at radius 2 is 1.80 bits per heavy atom. The van der Waals surface area contributed by atoms with Crippen LogP contribution in [0.3, 0.4) is 0 Å². The number of nitrogens with one attached hydrogen (secondary N) is 1. The van der Waals surface area contributed by atoms with E-state index in [0.29, 0.717) is 5.56 Å². The number of aryl methyl sites for hydroxylation is 1. The van der Waals surface area contributed by atoms with Gasteiger partial charge in [-0.1, -0.05) is 23.7 Å². The fraction of sp³-hybridized carbons (Fsp3) is 0.133. The zero-order chi connectivity index (χ0) is 18.6. The van der Waals surface area contributed by atoms with E-state index in [2.05, 4.69) is 5.32 Å². The first kappa shape index (κ1) is 18.1. The summed E-state index contributed by atoms with van der Waals surface area (Å²) in [6.45, 7) is 1.10. The Hall–Kier alpha value is -3.20. The van der Waals surface area contributed by atoms with Crippen molar-refractivity contribution in [3.63, 3.8) is 0 Å². The number of nitro groups is 2. The zero-order valence-electron chi connectivity index (χ0n) is 12.9. The number of carbonyl (C=O) groups is 1. The third-order valence-corrected chi connectivity index (χ3v) is 3.49. The molecule has 9 nitrogen and oxygen atoms in total. The van der Waals surface area contributed by atoms with Crippen LogP contribution >= 0.6 is 11.6 Å². The van der Waals surface area contributed by atoms with Gasteiger partial charge in [-0.05, 0) is 24.6 Å². The predicted molar refractivity (Wildman–Crippen MR) is 90.1 cm³/mol. The summed E-state index contributed by atoms with van der Waals surface area (Å²) in [5, 5.41) is 24.1. The molecule has 0 aliphatic heterocycles. The van der Waals surface area contributed by atoms with Crippen LogP contribution in [0.1, 0.15) is 5.56 Å². The van der Waals surface area contributed by atoms with Crippen LogP contribution in [0.4, 0.5) is 17.1 Å². The van der Waals surface area contributed by atoms with E-state index in [4.69, 9.17) is 16.3 Å². The summed E-state index contributed by atoms with van der Waals surface area (Å²) in [4.78, 5) is 32.4. The molecule has 0 saturated carbocycles. The van der Waals surface area contributed by atoms with Crippen LogP contribution in [0, 0.1) is 27.2 Å². The molecule has 0 radical (unpaired) electrons. The van der Waals surface area contributed by atoms with Crippen LogP contribution in [-0.4, -0.2) is 22.4 Å². The van der Waals surface area contributed by atoms with Crippen molar-refractivity contribution in [1.29, 1.82) is 0 Å². The molecule has 25 heavy (non-hydrogen) atoms. The van der Waals surface area contributed by atoms with Gasteiger partial charge in [0.25, 0.3) is 11.6 Å². The molecule has 0 atom stereocenters. The number of para-hydroxylation sites is 2. The first-order chi connectivity index (χ1) is 11.8. The molecule has 0 heterocycles. The molecular formula is C15H12ClN3O6. The lowest BCUT2D eigenvalue weighted by molar-refractivity contribution is -0.385. The van der Waals surface area contributed by atoms with Gasteiger partial charge >= 0.3 is 5.69 Å². The molecule has 2 rings (SSSR count). The summed E-state index contributed by atoms with van der Waals surface area (Å²) in [6, 6.07) is 8.15. The number of nitrogens with zero attached hydrogens (tertiary/aromatic N) is 2. The van der Waals surface area contributed by atoms with E-state index in [9.17, 15) is 25.0 Å². The van der Waals surface area contributed by atoms with Crippen LogP contribution < -0.4 is 10.1 Å². The quantitative estimate of drug-likeness (QED) is 0.617. The largest absolute Gasteiger partial charge is 0.477 e. The second-order valence-corrected chi connectivity index (χ2v) is 5.34. The summed E-state index contributed by atoms with van der Waals surface area (Å²) < 4.78 is 5.17. The maximum absolute atomic E-state index is 12.0. The Bertz CT molecular complexity index is 855. The SMILES string of the molecule is Cc1cc([N+](=O)[O-])c(Cl)cc1NC(=O)COc1ccccc1[N+](=O)[O-]. The molecule has 1 N–H and O–H groups in total. The fourth-order valence-electron chi connectivity index (χ4n) is 2.00. The fourth-order valence-corrected chi connectivity index (χ4v) is 2.23. The van der Waals surface area contributed by atoms with Gasteiger partial charge in [0.1, 0.15) is 5.02 Å². The number of carbonyl (C=O) groups excluding carboxylic acids is 1. The van der Waals surface area contributed by atoms with Crippen molar-refractivity contribution in [2.75, 3.05) is 11.9 Å². The van der Waals surface area contributed by atoms with Crippen LogP contribution in [0.5, 0.6) is 5.75 Å². The van der Waals surface area contributed by atoms with E-state index in [1.54, 1.807) is 13.0 Å². The summed E-state index contributed by atoms with van der Waals surface area (Å²) in [5.41, 5.74) is 0.195. The average molecular weight is 366 g/mol. The molecule has 0 saturated heterocycles. The molecule has 0 aromatic heterocycles. The molecular weight excluding hydrogens is 354 g/mol. The lowest BCUT2D eigenvalue weighted by atomic mass is 10.2. The Kier molecular flexibility index (Phi) is 5.50. The number of rotatable bonds is 6. The Labute approximate surface area is 146 Å². The van der Waals surface area contributed by atoms with Crippen molar-refractivity contribution in [2.24, 2.45) is 0 Å². The topological polar surface area (TPSA) is 125 Å². The first-order valence-electron chi connectivity index (χ1n) is 6.90. The highest BCUT2D eigenvalue weighted by atomic mass is 35.5. The van der Waals surface area contributed by atoms with Crippen LogP contribution in [0.15, 0.2) is 36.4 Å². The van der Waals surface area contributed by atoms with Gasteiger partial charge in [0.2, 0.25) is 0 Å². The number of amides is 1. The molecule has 0 spiro atoms. The van der Waals surface area contributed by atoms with Gasteiger partial charge in [-0.25, -0.2) is 0 Å². The monoisotopic (exact) mass is 365 g/mol. The van der Waals surface area contributed by atoms with Crippen LogP contribution in [-0.2, 0) is 4.79 Å². The number of anilines is 1. The molecule has 0 unspecified atom stereocenters. The minimum Gasteiger partial charge on any atom is -0.477 e. The third-order valence-electron chi connectivity index (χ3n) is 3.19. The van der Waals surface area contributed by atoms with Gasteiger partial charge in [-0.15, -0.1) is 0 Å². The van der Waals surface area contributed by atoms with Gasteiger partial charge in [0, 0.05) is 17.8 Å². The molecule has 10 heteroatoms. The van der Waals surface area contributed by atoms with E-state index in [0.717, 1.165) is 0 Å².